The molecule has 0 saturated heterocycles. The van der Waals surface area contributed by atoms with Crippen molar-refractivity contribution in [2.45, 2.75) is 6.42 Å². The molecule has 0 bridgehead atoms. The molecule has 9 heteroatoms. The van der Waals surface area contributed by atoms with Crippen LogP contribution in [0.5, 0.6) is 5.75 Å². The van der Waals surface area contributed by atoms with Gasteiger partial charge in [0.25, 0.3) is 5.56 Å². The van der Waals surface area contributed by atoms with Crippen molar-refractivity contribution in [1.29, 1.82) is 0 Å². The van der Waals surface area contributed by atoms with E-state index in [-0.39, 0.29) is 6.42 Å². The quantitative estimate of drug-likeness (QED) is 0.616. The molecule has 3 rings (SSSR count). The number of H-pyrrole nitrogens is 3. The third-order valence-corrected chi connectivity index (χ3v) is 3.51. The number of ether oxygens (including phenoxy) is 1. The van der Waals surface area contributed by atoms with E-state index in [4.69, 9.17) is 17.0 Å². The van der Waals surface area contributed by atoms with Gasteiger partial charge in [0.1, 0.15) is 11.6 Å². The van der Waals surface area contributed by atoms with Gasteiger partial charge < -0.3 is 9.72 Å². The summed E-state index contributed by atoms with van der Waals surface area (Å²) in [7, 11) is 1.59. The number of aromatic amines is 3. The normalized spacial score (nSPS) is 10.7. The molecule has 0 aliphatic rings. The maximum atomic E-state index is 11.4. The highest BCUT2D eigenvalue weighted by molar-refractivity contribution is 7.71. The van der Waals surface area contributed by atoms with Gasteiger partial charge in [0.15, 0.2) is 4.77 Å². The molecule has 8 nitrogen and oxygen atoms in total. The summed E-state index contributed by atoms with van der Waals surface area (Å²) in [4.78, 5) is 27.4. The van der Waals surface area contributed by atoms with Crippen molar-refractivity contribution in [3.05, 3.63) is 67.5 Å². The van der Waals surface area contributed by atoms with Gasteiger partial charge in [-0.3, -0.25) is 19.4 Å². The molecule has 0 radical (unpaired) electrons. The monoisotopic (exact) mass is 331 g/mol. The molecule has 0 unspecified atom stereocenters. The standard InChI is InChI=1S/C14H13N5O3S/c1-22-10-4-2-9(3-5-10)19-11(17-18-14(19)23)6-8-7-12(20)16-13(21)15-8/h2-5,7H,6H2,1H3,(H,18,23)(H2,15,16,20,21). The molecular weight excluding hydrogens is 318 g/mol. The number of hydrogen-bond donors (Lipinski definition) is 3. The zero-order chi connectivity index (χ0) is 16.4. The number of nitrogens with one attached hydrogen (secondary N) is 3. The summed E-state index contributed by atoms with van der Waals surface area (Å²) in [5, 5.41) is 6.89. The molecule has 0 atom stereocenters. The highest BCUT2D eigenvalue weighted by atomic mass is 32.1. The van der Waals surface area contributed by atoms with Crippen LogP contribution < -0.4 is 16.0 Å². The van der Waals surface area contributed by atoms with E-state index < -0.39 is 11.2 Å². The molecule has 2 heterocycles. The van der Waals surface area contributed by atoms with Gasteiger partial charge in [-0.2, -0.15) is 5.10 Å². The summed E-state index contributed by atoms with van der Waals surface area (Å²) in [6.07, 6.45) is 0.248. The van der Waals surface area contributed by atoms with Gasteiger partial charge >= 0.3 is 5.69 Å². The molecule has 1 aromatic carbocycles. The van der Waals surface area contributed by atoms with Crippen LogP contribution in [0.2, 0.25) is 0 Å². The molecule has 3 N–H and O–H groups in total. The van der Waals surface area contributed by atoms with E-state index in [1.807, 2.05) is 24.3 Å². The van der Waals surface area contributed by atoms with Crippen molar-refractivity contribution in [1.82, 2.24) is 24.7 Å². The van der Waals surface area contributed by atoms with Gasteiger partial charge in [-0.15, -0.1) is 0 Å². The number of hydrogen-bond acceptors (Lipinski definition) is 5. The Morgan fingerprint density at radius 1 is 1.22 bits per heavy atom. The van der Waals surface area contributed by atoms with E-state index in [1.54, 1.807) is 11.7 Å². The zero-order valence-electron chi connectivity index (χ0n) is 12.1. The average molecular weight is 331 g/mol. The van der Waals surface area contributed by atoms with E-state index in [9.17, 15) is 9.59 Å². The van der Waals surface area contributed by atoms with Crippen molar-refractivity contribution in [3.63, 3.8) is 0 Å². The first-order valence-corrected chi connectivity index (χ1v) is 7.11. The second-order valence-corrected chi connectivity index (χ2v) is 5.15. The molecular formula is C14H13N5O3S. The molecule has 0 amide bonds. The summed E-state index contributed by atoms with van der Waals surface area (Å²) in [5.41, 5.74) is 0.223. The van der Waals surface area contributed by atoms with Gasteiger partial charge in [-0.25, -0.2) is 4.79 Å². The van der Waals surface area contributed by atoms with E-state index in [2.05, 4.69) is 20.2 Å². The minimum atomic E-state index is -0.558. The Hall–Kier alpha value is -2.94. The SMILES string of the molecule is COc1ccc(-n2c(Cc3cc(=O)[nH]c(=O)[nH]3)n[nH]c2=S)cc1. The molecule has 0 fully saturated rings. The van der Waals surface area contributed by atoms with Crippen LogP contribution >= 0.6 is 12.2 Å². The van der Waals surface area contributed by atoms with Crippen LogP contribution in [-0.2, 0) is 6.42 Å². The third kappa shape index (κ3) is 3.14. The van der Waals surface area contributed by atoms with Gasteiger partial charge in [0, 0.05) is 23.9 Å². The van der Waals surface area contributed by atoms with Crippen LogP contribution in [0, 0.1) is 4.77 Å². The first-order valence-electron chi connectivity index (χ1n) is 6.70. The van der Waals surface area contributed by atoms with Crippen molar-refractivity contribution in [2.24, 2.45) is 0 Å². The molecule has 0 saturated carbocycles. The Bertz CT molecular complexity index is 968. The lowest BCUT2D eigenvalue weighted by molar-refractivity contribution is 0.414. The first-order chi connectivity index (χ1) is 11.1. The fourth-order valence-corrected chi connectivity index (χ4v) is 2.49. The van der Waals surface area contributed by atoms with E-state index >= 15 is 0 Å². The van der Waals surface area contributed by atoms with Crippen molar-refractivity contribution in [2.75, 3.05) is 7.11 Å². The minimum absolute atomic E-state index is 0.248. The Morgan fingerprint density at radius 2 is 1.96 bits per heavy atom. The number of nitrogens with zero attached hydrogens (tertiary/aromatic N) is 2. The molecule has 23 heavy (non-hydrogen) atoms. The number of methoxy groups -OCH3 is 1. The van der Waals surface area contributed by atoms with Crippen LogP contribution in [0.15, 0.2) is 39.9 Å². The molecule has 3 aromatic rings. The lowest BCUT2D eigenvalue weighted by Crippen LogP contribution is -2.23. The Balaban J connectivity index is 2.02. The fourth-order valence-electron chi connectivity index (χ4n) is 2.23. The molecule has 0 aliphatic heterocycles. The molecule has 0 spiro atoms. The van der Waals surface area contributed by atoms with Crippen LogP contribution in [0.1, 0.15) is 11.5 Å². The predicted molar refractivity (Wildman–Crippen MR) is 85.8 cm³/mol. The van der Waals surface area contributed by atoms with Crippen LogP contribution in [0.3, 0.4) is 0 Å². The predicted octanol–water partition coefficient (Wildman–Crippen LogP) is 0.906. The maximum Gasteiger partial charge on any atom is 0.325 e. The topological polar surface area (TPSA) is 109 Å². The Labute approximate surface area is 134 Å². The average Bonchev–Trinajstić information content (AvgIpc) is 2.87. The number of rotatable bonds is 4. The summed E-state index contributed by atoms with van der Waals surface area (Å²) >= 11 is 5.26. The summed E-state index contributed by atoms with van der Waals surface area (Å²) < 4.78 is 7.28. The number of benzene rings is 1. The first kappa shape index (κ1) is 15.0. The molecule has 118 valence electrons. The van der Waals surface area contributed by atoms with Crippen LogP contribution in [0.4, 0.5) is 0 Å². The minimum Gasteiger partial charge on any atom is -0.497 e. The maximum absolute atomic E-state index is 11.4. The highest BCUT2D eigenvalue weighted by Crippen LogP contribution is 2.17. The molecule has 0 aliphatic carbocycles. The largest absolute Gasteiger partial charge is 0.497 e. The Kier molecular flexibility index (Phi) is 3.94. The smallest absolute Gasteiger partial charge is 0.325 e. The second kappa shape index (κ2) is 6.05. The van der Waals surface area contributed by atoms with E-state index in [0.717, 1.165) is 11.4 Å². The van der Waals surface area contributed by atoms with Gasteiger partial charge in [-0.05, 0) is 36.5 Å². The lowest BCUT2D eigenvalue weighted by Gasteiger charge is -2.07. The van der Waals surface area contributed by atoms with Crippen molar-refractivity contribution in [3.8, 4) is 11.4 Å². The number of aromatic nitrogens is 5. The zero-order valence-corrected chi connectivity index (χ0v) is 12.9. The summed E-state index contributed by atoms with van der Waals surface area (Å²) in [6.45, 7) is 0. The third-order valence-electron chi connectivity index (χ3n) is 3.24. The van der Waals surface area contributed by atoms with Crippen molar-refractivity contribution < 1.29 is 4.74 Å². The molecule has 2 aromatic heterocycles. The second-order valence-electron chi connectivity index (χ2n) is 4.77. The Morgan fingerprint density at radius 3 is 2.61 bits per heavy atom. The van der Waals surface area contributed by atoms with Gasteiger partial charge in [-0.1, -0.05) is 0 Å². The summed E-state index contributed by atoms with van der Waals surface area (Å²) in [5.74, 6) is 1.30. The lowest BCUT2D eigenvalue weighted by atomic mass is 10.2. The van der Waals surface area contributed by atoms with E-state index in [0.29, 0.717) is 16.3 Å². The van der Waals surface area contributed by atoms with E-state index in [1.165, 1.54) is 6.07 Å². The summed E-state index contributed by atoms with van der Waals surface area (Å²) in [6, 6.07) is 8.62. The fraction of sp³-hybridized carbons (Fsp3) is 0.143. The van der Waals surface area contributed by atoms with Crippen LogP contribution in [-0.4, -0.2) is 31.8 Å². The highest BCUT2D eigenvalue weighted by Gasteiger charge is 2.10. The van der Waals surface area contributed by atoms with Gasteiger partial charge in [0.05, 0.1) is 7.11 Å². The van der Waals surface area contributed by atoms with Crippen molar-refractivity contribution >= 4 is 12.2 Å². The van der Waals surface area contributed by atoms with Gasteiger partial charge in [0.2, 0.25) is 0 Å². The van der Waals surface area contributed by atoms with Crippen LogP contribution in [0.25, 0.3) is 5.69 Å².